The molecule has 0 aromatic heterocycles. The number of nitrogens with one attached hydrogen (secondary N) is 1. The minimum Gasteiger partial charge on any atom is -0.389 e. The van der Waals surface area contributed by atoms with E-state index in [9.17, 15) is 19.5 Å². The molecule has 1 heterocycles. The zero-order valence-electron chi connectivity index (χ0n) is 12.6. The number of allylic oxidation sites excluding steroid dienone is 2. The van der Waals surface area contributed by atoms with Gasteiger partial charge in [-0.2, -0.15) is 0 Å². The van der Waals surface area contributed by atoms with Gasteiger partial charge in [0.05, 0.1) is 12.0 Å². The molecule has 0 fully saturated rings. The molecule has 0 aromatic carbocycles. The van der Waals surface area contributed by atoms with Crippen LogP contribution in [-0.4, -0.2) is 46.4 Å². The molecule has 0 radical (unpaired) electrons. The van der Waals surface area contributed by atoms with Gasteiger partial charge in [-0.1, -0.05) is 12.2 Å². The summed E-state index contributed by atoms with van der Waals surface area (Å²) in [6.07, 6.45) is 10.4. The van der Waals surface area contributed by atoms with Crippen LogP contribution in [0.3, 0.4) is 0 Å². The van der Waals surface area contributed by atoms with Gasteiger partial charge in [0.25, 0.3) is 11.8 Å². The quantitative estimate of drug-likeness (QED) is 0.577. The van der Waals surface area contributed by atoms with Crippen molar-refractivity contribution >= 4 is 17.7 Å². The van der Waals surface area contributed by atoms with E-state index in [1.807, 2.05) is 6.08 Å². The SMILES string of the molecule is O=C(C[C@]1(O)CC/C=C\CCC1)NCCN1C(=O)C=CC1=O. The van der Waals surface area contributed by atoms with Crippen LogP contribution in [0.5, 0.6) is 0 Å². The van der Waals surface area contributed by atoms with E-state index < -0.39 is 5.60 Å². The van der Waals surface area contributed by atoms with Crippen molar-refractivity contribution < 1.29 is 19.5 Å². The summed E-state index contributed by atoms with van der Waals surface area (Å²) in [5.41, 5.74) is -0.963. The summed E-state index contributed by atoms with van der Waals surface area (Å²) in [6, 6.07) is 0. The summed E-state index contributed by atoms with van der Waals surface area (Å²) in [5, 5.41) is 13.2. The van der Waals surface area contributed by atoms with Gasteiger partial charge in [-0.25, -0.2) is 0 Å². The van der Waals surface area contributed by atoms with Crippen LogP contribution in [0.15, 0.2) is 24.3 Å². The molecule has 3 amide bonds. The van der Waals surface area contributed by atoms with Crippen molar-refractivity contribution in [2.24, 2.45) is 0 Å². The lowest BCUT2D eigenvalue weighted by Gasteiger charge is -2.28. The maximum Gasteiger partial charge on any atom is 0.253 e. The monoisotopic (exact) mass is 306 g/mol. The molecule has 1 atom stereocenters. The van der Waals surface area contributed by atoms with Gasteiger partial charge < -0.3 is 10.4 Å². The second-order valence-corrected chi connectivity index (χ2v) is 5.81. The van der Waals surface area contributed by atoms with Crippen LogP contribution in [0.4, 0.5) is 0 Å². The number of amides is 3. The van der Waals surface area contributed by atoms with Crippen molar-refractivity contribution in [3.63, 3.8) is 0 Å². The molecule has 0 aromatic rings. The third-order valence-electron chi connectivity index (χ3n) is 4.00. The van der Waals surface area contributed by atoms with Crippen LogP contribution >= 0.6 is 0 Å². The van der Waals surface area contributed by atoms with E-state index in [1.165, 1.54) is 12.2 Å². The predicted octanol–water partition coefficient (Wildman–Crippen LogP) is 0.669. The number of carbonyl (C=O) groups excluding carboxylic acids is 3. The van der Waals surface area contributed by atoms with Crippen molar-refractivity contribution in [2.45, 2.75) is 44.1 Å². The Morgan fingerprint density at radius 3 is 2.59 bits per heavy atom. The topological polar surface area (TPSA) is 86.7 Å². The number of aliphatic hydroxyl groups is 1. The van der Waals surface area contributed by atoms with Crippen LogP contribution in [-0.2, 0) is 14.4 Å². The molecule has 2 N–H and O–H groups in total. The average molecular weight is 306 g/mol. The van der Waals surface area contributed by atoms with Gasteiger partial charge in [0.2, 0.25) is 5.91 Å². The van der Waals surface area contributed by atoms with E-state index in [2.05, 4.69) is 11.4 Å². The molecule has 0 bridgehead atoms. The highest BCUT2D eigenvalue weighted by atomic mass is 16.3. The molecule has 0 saturated heterocycles. The number of hydrogen-bond donors (Lipinski definition) is 2. The number of nitrogens with zero attached hydrogens (tertiary/aromatic N) is 1. The highest BCUT2D eigenvalue weighted by Gasteiger charge is 2.29. The number of rotatable bonds is 5. The lowest BCUT2D eigenvalue weighted by atomic mass is 9.86. The average Bonchev–Trinajstić information content (AvgIpc) is 2.75. The lowest BCUT2D eigenvalue weighted by molar-refractivity contribution is -0.137. The second-order valence-electron chi connectivity index (χ2n) is 5.81. The Morgan fingerprint density at radius 1 is 1.18 bits per heavy atom. The van der Waals surface area contributed by atoms with Crippen LogP contribution < -0.4 is 5.32 Å². The highest BCUT2D eigenvalue weighted by molar-refractivity contribution is 6.12. The molecule has 120 valence electrons. The summed E-state index contributed by atoms with van der Waals surface area (Å²) in [7, 11) is 0. The first-order valence-electron chi connectivity index (χ1n) is 7.68. The minimum atomic E-state index is -0.963. The van der Waals surface area contributed by atoms with Gasteiger partial charge in [-0.3, -0.25) is 19.3 Å². The molecule has 1 aliphatic carbocycles. The Morgan fingerprint density at radius 2 is 1.86 bits per heavy atom. The molecule has 0 spiro atoms. The Balaban J connectivity index is 1.74. The Labute approximate surface area is 129 Å². The summed E-state index contributed by atoms with van der Waals surface area (Å²) < 4.78 is 0. The summed E-state index contributed by atoms with van der Waals surface area (Å²) in [4.78, 5) is 35.8. The minimum absolute atomic E-state index is 0.0565. The third-order valence-corrected chi connectivity index (χ3v) is 4.00. The summed E-state index contributed by atoms with van der Waals surface area (Å²) >= 11 is 0. The first kappa shape index (κ1) is 16.4. The fraction of sp³-hybridized carbons (Fsp3) is 0.562. The first-order valence-corrected chi connectivity index (χ1v) is 7.68. The van der Waals surface area contributed by atoms with Crippen molar-refractivity contribution in [1.29, 1.82) is 0 Å². The van der Waals surface area contributed by atoms with Gasteiger partial charge in [0.15, 0.2) is 0 Å². The maximum absolute atomic E-state index is 12.0. The van der Waals surface area contributed by atoms with Crippen LogP contribution in [0.1, 0.15) is 38.5 Å². The molecule has 6 heteroatoms. The van der Waals surface area contributed by atoms with E-state index in [0.29, 0.717) is 12.8 Å². The normalized spacial score (nSPS) is 26.7. The Bertz CT molecular complexity index is 494. The summed E-state index contributed by atoms with van der Waals surface area (Å²) in [5.74, 6) is -0.964. The zero-order chi connectivity index (χ0) is 16.0. The fourth-order valence-corrected chi connectivity index (χ4v) is 2.76. The molecule has 6 nitrogen and oxygen atoms in total. The molecule has 2 rings (SSSR count). The van der Waals surface area contributed by atoms with Gasteiger partial charge in [0, 0.05) is 25.2 Å². The summed E-state index contributed by atoms with van der Waals surface area (Å²) in [6.45, 7) is 0.353. The molecular weight excluding hydrogens is 284 g/mol. The van der Waals surface area contributed by atoms with E-state index in [0.717, 1.165) is 24.2 Å². The standard InChI is InChI=1S/C16H22N2O4/c19-13(12-16(22)8-4-2-1-3-5-9-16)17-10-11-18-14(20)6-7-15(18)21/h1-2,6-7,22H,3-5,8-12H2,(H,17,19)/b2-1-/t16-/m0/s1. The smallest absolute Gasteiger partial charge is 0.253 e. The third kappa shape index (κ3) is 4.53. The van der Waals surface area contributed by atoms with E-state index in [1.54, 1.807) is 0 Å². The van der Waals surface area contributed by atoms with Gasteiger partial charge >= 0.3 is 0 Å². The van der Waals surface area contributed by atoms with Crippen molar-refractivity contribution in [1.82, 2.24) is 10.2 Å². The number of carbonyl (C=O) groups is 3. The van der Waals surface area contributed by atoms with Crippen LogP contribution in [0, 0.1) is 0 Å². The number of hydrogen-bond acceptors (Lipinski definition) is 4. The predicted molar refractivity (Wildman–Crippen MR) is 80.7 cm³/mol. The Hall–Kier alpha value is -1.95. The molecule has 2 aliphatic rings. The van der Waals surface area contributed by atoms with Crippen LogP contribution in [0.25, 0.3) is 0 Å². The largest absolute Gasteiger partial charge is 0.389 e. The number of imide groups is 1. The zero-order valence-corrected chi connectivity index (χ0v) is 12.6. The van der Waals surface area contributed by atoms with Gasteiger partial charge in [-0.15, -0.1) is 0 Å². The van der Waals surface area contributed by atoms with E-state index in [-0.39, 0.29) is 37.2 Å². The van der Waals surface area contributed by atoms with E-state index >= 15 is 0 Å². The maximum atomic E-state index is 12.0. The first-order chi connectivity index (χ1) is 10.5. The van der Waals surface area contributed by atoms with Gasteiger partial charge in [0.1, 0.15) is 0 Å². The van der Waals surface area contributed by atoms with E-state index in [4.69, 9.17) is 0 Å². The van der Waals surface area contributed by atoms with Crippen LogP contribution in [0.2, 0.25) is 0 Å². The molecule has 0 saturated carbocycles. The van der Waals surface area contributed by atoms with Crippen molar-refractivity contribution in [3.8, 4) is 0 Å². The lowest BCUT2D eigenvalue weighted by Crippen LogP contribution is -2.41. The molecular formula is C16H22N2O4. The fourth-order valence-electron chi connectivity index (χ4n) is 2.76. The molecule has 1 aliphatic heterocycles. The Kier molecular flexibility index (Phi) is 5.49. The molecule has 0 unspecified atom stereocenters. The second kappa shape index (κ2) is 7.35. The molecule has 22 heavy (non-hydrogen) atoms. The van der Waals surface area contributed by atoms with Crippen molar-refractivity contribution in [3.05, 3.63) is 24.3 Å². The van der Waals surface area contributed by atoms with Crippen molar-refractivity contribution in [2.75, 3.05) is 13.1 Å². The highest BCUT2D eigenvalue weighted by Crippen LogP contribution is 2.26. The van der Waals surface area contributed by atoms with Gasteiger partial charge in [-0.05, 0) is 32.1 Å².